The van der Waals surface area contributed by atoms with E-state index in [0.717, 1.165) is 36.2 Å². The highest BCUT2D eigenvalue weighted by atomic mass is 16.2. The molecule has 0 aliphatic heterocycles. The van der Waals surface area contributed by atoms with Crippen LogP contribution in [0.2, 0.25) is 0 Å². The third-order valence-corrected chi connectivity index (χ3v) is 4.72. The third-order valence-electron chi connectivity index (χ3n) is 4.72. The maximum absolute atomic E-state index is 12.7. The molecule has 0 spiro atoms. The van der Waals surface area contributed by atoms with Gasteiger partial charge < -0.3 is 10.6 Å². The maximum Gasteiger partial charge on any atom is 0.231 e. The molecule has 4 nitrogen and oxygen atoms in total. The van der Waals surface area contributed by atoms with Gasteiger partial charge in [-0.2, -0.15) is 0 Å². The summed E-state index contributed by atoms with van der Waals surface area (Å²) in [4.78, 5) is 24.6. The number of hydrogen-bond acceptors (Lipinski definition) is 2. The molecule has 2 aromatic rings. The van der Waals surface area contributed by atoms with E-state index in [2.05, 4.69) is 22.8 Å². The van der Waals surface area contributed by atoms with Crippen LogP contribution in [0.25, 0.3) is 0 Å². The SMILES string of the molecule is CC(C)CC(=O)Nc1ccc(NC(=O)C2CCCc3ccccc32)cc1. The number of fused-ring (bicyclic) bond motifs is 1. The van der Waals surface area contributed by atoms with Crippen molar-refractivity contribution in [2.75, 3.05) is 10.6 Å². The Bertz CT molecular complexity index is 781. The molecule has 1 unspecified atom stereocenters. The van der Waals surface area contributed by atoms with Gasteiger partial charge in [0.25, 0.3) is 0 Å². The van der Waals surface area contributed by atoms with E-state index in [1.165, 1.54) is 5.56 Å². The minimum absolute atomic E-state index is 0.00981. The Morgan fingerprint density at radius 3 is 2.35 bits per heavy atom. The van der Waals surface area contributed by atoms with Crippen molar-refractivity contribution in [2.24, 2.45) is 5.92 Å². The molecule has 136 valence electrons. The van der Waals surface area contributed by atoms with E-state index in [-0.39, 0.29) is 17.7 Å². The van der Waals surface area contributed by atoms with Crippen LogP contribution in [0.3, 0.4) is 0 Å². The maximum atomic E-state index is 12.7. The fourth-order valence-corrected chi connectivity index (χ4v) is 3.48. The van der Waals surface area contributed by atoms with Crippen LogP contribution in [0.5, 0.6) is 0 Å². The number of rotatable bonds is 5. The second kappa shape index (κ2) is 8.17. The normalized spacial score (nSPS) is 16.0. The predicted octanol–water partition coefficient (Wildman–Crippen LogP) is 4.73. The quantitative estimate of drug-likeness (QED) is 0.819. The number of hydrogen-bond donors (Lipinski definition) is 2. The van der Waals surface area contributed by atoms with Gasteiger partial charge in [0, 0.05) is 17.8 Å². The zero-order chi connectivity index (χ0) is 18.5. The molecule has 2 N–H and O–H groups in total. The average Bonchev–Trinajstić information content (AvgIpc) is 2.62. The van der Waals surface area contributed by atoms with Gasteiger partial charge >= 0.3 is 0 Å². The first-order valence-electron chi connectivity index (χ1n) is 9.31. The largest absolute Gasteiger partial charge is 0.326 e. The smallest absolute Gasteiger partial charge is 0.231 e. The Hall–Kier alpha value is -2.62. The van der Waals surface area contributed by atoms with Crippen molar-refractivity contribution >= 4 is 23.2 Å². The van der Waals surface area contributed by atoms with E-state index in [0.29, 0.717) is 12.3 Å². The van der Waals surface area contributed by atoms with E-state index in [1.54, 1.807) is 0 Å². The molecule has 0 radical (unpaired) electrons. The lowest BCUT2D eigenvalue weighted by atomic mass is 9.82. The molecular formula is C22H26N2O2. The second-order valence-corrected chi connectivity index (χ2v) is 7.36. The summed E-state index contributed by atoms with van der Waals surface area (Å²) in [5.41, 5.74) is 3.92. The molecule has 0 aromatic heterocycles. The van der Waals surface area contributed by atoms with Gasteiger partial charge in [-0.25, -0.2) is 0 Å². The number of benzene rings is 2. The van der Waals surface area contributed by atoms with Crippen molar-refractivity contribution in [3.63, 3.8) is 0 Å². The van der Waals surface area contributed by atoms with E-state index in [4.69, 9.17) is 0 Å². The minimum Gasteiger partial charge on any atom is -0.326 e. The van der Waals surface area contributed by atoms with E-state index in [1.807, 2.05) is 50.2 Å². The van der Waals surface area contributed by atoms with Crippen LogP contribution in [0.4, 0.5) is 11.4 Å². The highest BCUT2D eigenvalue weighted by molar-refractivity contribution is 5.97. The van der Waals surface area contributed by atoms with Gasteiger partial charge in [0.05, 0.1) is 5.92 Å². The zero-order valence-electron chi connectivity index (χ0n) is 15.4. The average molecular weight is 350 g/mol. The molecule has 2 amide bonds. The Labute approximate surface area is 155 Å². The van der Waals surface area contributed by atoms with Crippen molar-refractivity contribution in [1.29, 1.82) is 0 Å². The number of nitrogens with one attached hydrogen (secondary N) is 2. The van der Waals surface area contributed by atoms with Crippen LogP contribution in [-0.4, -0.2) is 11.8 Å². The number of amides is 2. The first kappa shape index (κ1) is 18.2. The van der Waals surface area contributed by atoms with Crippen molar-refractivity contribution in [3.05, 3.63) is 59.7 Å². The van der Waals surface area contributed by atoms with Crippen LogP contribution in [0.15, 0.2) is 48.5 Å². The van der Waals surface area contributed by atoms with Crippen molar-refractivity contribution in [1.82, 2.24) is 0 Å². The fourth-order valence-electron chi connectivity index (χ4n) is 3.48. The van der Waals surface area contributed by atoms with Crippen molar-refractivity contribution in [2.45, 2.75) is 45.4 Å². The predicted molar refractivity (Wildman–Crippen MR) is 105 cm³/mol. The van der Waals surface area contributed by atoms with Crippen molar-refractivity contribution in [3.8, 4) is 0 Å². The lowest BCUT2D eigenvalue weighted by Gasteiger charge is -2.24. The van der Waals surface area contributed by atoms with Crippen LogP contribution in [-0.2, 0) is 16.0 Å². The van der Waals surface area contributed by atoms with E-state index < -0.39 is 0 Å². The molecule has 3 rings (SSSR count). The molecule has 0 bridgehead atoms. The van der Waals surface area contributed by atoms with Crippen molar-refractivity contribution < 1.29 is 9.59 Å². The Balaban J connectivity index is 1.63. The summed E-state index contributed by atoms with van der Waals surface area (Å²) >= 11 is 0. The van der Waals surface area contributed by atoms with Gasteiger partial charge in [-0.3, -0.25) is 9.59 Å². The Morgan fingerprint density at radius 2 is 1.65 bits per heavy atom. The molecule has 2 aromatic carbocycles. The van der Waals surface area contributed by atoms with Crippen LogP contribution >= 0.6 is 0 Å². The molecule has 0 saturated carbocycles. The number of carbonyl (C=O) groups is 2. The van der Waals surface area contributed by atoms with Gasteiger partial charge in [0.2, 0.25) is 11.8 Å². The fraction of sp³-hybridized carbons (Fsp3) is 0.364. The minimum atomic E-state index is -0.0922. The van der Waals surface area contributed by atoms with Crippen LogP contribution < -0.4 is 10.6 Å². The summed E-state index contributed by atoms with van der Waals surface area (Å²) < 4.78 is 0. The second-order valence-electron chi connectivity index (χ2n) is 7.36. The van der Waals surface area contributed by atoms with Crippen LogP contribution in [0.1, 0.15) is 50.2 Å². The molecule has 1 aliphatic carbocycles. The van der Waals surface area contributed by atoms with Gasteiger partial charge in [-0.05, 0) is 60.6 Å². The Morgan fingerprint density at radius 1 is 1.00 bits per heavy atom. The first-order chi connectivity index (χ1) is 12.5. The lowest BCUT2D eigenvalue weighted by molar-refractivity contribution is -0.118. The van der Waals surface area contributed by atoms with E-state index in [9.17, 15) is 9.59 Å². The molecule has 0 saturated heterocycles. The molecule has 0 fully saturated rings. The van der Waals surface area contributed by atoms with Gasteiger partial charge in [-0.1, -0.05) is 38.1 Å². The topological polar surface area (TPSA) is 58.2 Å². The molecule has 4 heteroatoms. The number of anilines is 2. The zero-order valence-corrected chi connectivity index (χ0v) is 15.4. The van der Waals surface area contributed by atoms with Gasteiger partial charge in [0.15, 0.2) is 0 Å². The molecule has 26 heavy (non-hydrogen) atoms. The van der Waals surface area contributed by atoms with Gasteiger partial charge in [-0.15, -0.1) is 0 Å². The molecule has 1 aliphatic rings. The summed E-state index contributed by atoms with van der Waals surface area (Å²) in [6.45, 7) is 4.03. The number of carbonyl (C=O) groups excluding carboxylic acids is 2. The molecule has 1 atom stereocenters. The summed E-state index contributed by atoms with van der Waals surface area (Å²) in [6, 6.07) is 15.5. The highest BCUT2D eigenvalue weighted by Gasteiger charge is 2.26. The van der Waals surface area contributed by atoms with Crippen LogP contribution in [0, 0.1) is 5.92 Å². The lowest BCUT2D eigenvalue weighted by Crippen LogP contribution is -2.24. The molecule has 0 heterocycles. The Kier molecular flexibility index (Phi) is 5.71. The summed E-state index contributed by atoms with van der Waals surface area (Å²) in [6.07, 6.45) is 3.46. The first-order valence-corrected chi connectivity index (χ1v) is 9.31. The third kappa shape index (κ3) is 4.51. The van der Waals surface area contributed by atoms with Gasteiger partial charge in [0.1, 0.15) is 0 Å². The monoisotopic (exact) mass is 350 g/mol. The molecular weight excluding hydrogens is 324 g/mol. The summed E-state index contributed by atoms with van der Waals surface area (Å²) in [7, 11) is 0. The number of aryl methyl sites for hydroxylation is 1. The van der Waals surface area contributed by atoms with E-state index >= 15 is 0 Å². The summed E-state index contributed by atoms with van der Waals surface area (Å²) in [5, 5.41) is 5.89. The highest BCUT2D eigenvalue weighted by Crippen LogP contribution is 2.32. The summed E-state index contributed by atoms with van der Waals surface area (Å²) in [5.74, 6) is 0.279. The standard InChI is InChI=1S/C22H26N2O2/c1-15(2)14-21(25)23-17-10-12-18(13-11-17)24-22(26)20-9-5-7-16-6-3-4-8-19(16)20/h3-4,6,8,10-13,15,20H,5,7,9,14H2,1-2H3,(H,23,25)(H,24,26).